The van der Waals surface area contributed by atoms with Crippen LogP contribution in [0.5, 0.6) is 0 Å². The van der Waals surface area contributed by atoms with Gasteiger partial charge in [-0.3, -0.25) is 14.5 Å². The molecule has 0 spiro atoms. The molecule has 32 heavy (non-hydrogen) atoms. The number of aryl methyl sites for hydroxylation is 1. The van der Waals surface area contributed by atoms with Crippen molar-refractivity contribution in [3.8, 4) is 12.5 Å². The maximum Gasteiger partial charge on any atom is 0.408 e. The van der Waals surface area contributed by atoms with Crippen molar-refractivity contribution in [2.24, 2.45) is 0 Å². The van der Waals surface area contributed by atoms with Gasteiger partial charge in [-0.25, -0.2) is 4.79 Å². The van der Waals surface area contributed by atoms with Gasteiger partial charge in [-0.1, -0.05) is 55.0 Å². The highest BCUT2D eigenvalue weighted by Gasteiger charge is 2.34. The molecule has 2 unspecified atom stereocenters. The third kappa shape index (κ3) is 6.61. The highest BCUT2D eigenvalue weighted by Crippen LogP contribution is 2.24. The predicted octanol–water partition coefficient (Wildman–Crippen LogP) is 4.01. The molecule has 7 nitrogen and oxygen atoms in total. The Labute approximate surface area is 189 Å². The Kier molecular flexibility index (Phi) is 8.03. The average Bonchev–Trinajstić information content (AvgIpc) is 2.72. The first-order valence-electron chi connectivity index (χ1n) is 10.2. The highest BCUT2D eigenvalue weighted by molar-refractivity contribution is 5.99. The minimum absolute atomic E-state index is 0.471. The fourth-order valence-corrected chi connectivity index (χ4v) is 2.99. The Hall–Kier alpha value is -3.79. The molecule has 168 valence electrons. The number of anilines is 1. The number of carbonyl (C=O) groups excluding carboxylic acids is 3. The Balaban J connectivity index is 2.31. The van der Waals surface area contributed by atoms with Crippen molar-refractivity contribution in [3.63, 3.8) is 0 Å². The van der Waals surface area contributed by atoms with Crippen LogP contribution >= 0.6 is 0 Å². The fraction of sp³-hybridized carbons (Fsp3) is 0.320. The van der Waals surface area contributed by atoms with Gasteiger partial charge in [0.1, 0.15) is 17.7 Å². The summed E-state index contributed by atoms with van der Waals surface area (Å²) in [6.07, 6.45) is 4.92. The summed E-state index contributed by atoms with van der Waals surface area (Å²) >= 11 is 0. The largest absolute Gasteiger partial charge is 0.444 e. The SMILES string of the molecule is C#CN(C(=O)C(C)NC(=O)OC(C)(C)C)C(C(=O)Nc1ccccc1C)c1ccccc1. The zero-order chi connectivity index (χ0) is 23.9. The number of amides is 3. The van der Waals surface area contributed by atoms with Crippen LogP contribution in [-0.2, 0) is 14.3 Å². The van der Waals surface area contributed by atoms with Crippen molar-refractivity contribution in [2.45, 2.75) is 52.3 Å². The summed E-state index contributed by atoms with van der Waals surface area (Å²) in [6.45, 7) is 8.50. The van der Waals surface area contributed by atoms with E-state index in [4.69, 9.17) is 11.2 Å². The zero-order valence-corrected chi connectivity index (χ0v) is 19.0. The monoisotopic (exact) mass is 435 g/mol. The van der Waals surface area contributed by atoms with Gasteiger partial charge >= 0.3 is 6.09 Å². The number of nitrogens with one attached hydrogen (secondary N) is 2. The molecule has 0 aliphatic rings. The van der Waals surface area contributed by atoms with Gasteiger partial charge < -0.3 is 15.4 Å². The normalized spacial score (nSPS) is 12.6. The molecule has 2 N–H and O–H groups in total. The fourth-order valence-electron chi connectivity index (χ4n) is 2.99. The van der Waals surface area contributed by atoms with Crippen LogP contribution in [0.3, 0.4) is 0 Å². The summed E-state index contributed by atoms with van der Waals surface area (Å²) < 4.78 is 5.20. The van der Waals surface area contributed by atoms with Crippen LogP contribution in [0.1, 0.15) is 44.9 Å². The number of hydrogen-bond acceptors (Lipinski definition) is 4. The van der Waals surface area contributed by atoms with Crippen LogP contribution in [0, 0.1) is 19.4 Å². The second kappa shape index (κ2) is 10.5. The lowest BCUT2D eigenvalue weighted by Crippen LogP contribution is -2.49. The number of carbonyl (C=O) groups is 3. The van der Waals surface area contributed by atoms with Crippen LogP contribution in [0.15, 0.2) is 54.6 Å². The van der Waals surface area contributed by atoms with Gasteiger partial charge in [0, 0.05) is 11.7 Å². The van der Waals surface area contributed by atoms with Crippen molar-refractivity contribution in [3.05, 3.63) is 65.7 Å². The molecule has 0 fully saturated rings. The first-order chi connectivity index (χ1) is 15.0. The smallest absolute Gasteiger partial charge is 0.408 e. The minimum Gasteiger partial charge on any atom is -0.444 e. The summed E-state index contributed by atoms with van der Waals surface area (Å²) in [5.41, 5.74) is 1.29. The number of nitrogens with zero attached hydrogens (tertiary/aromatic N) is 1. The molecule has 3 amide bonds. The zero-order valence-electron chi connectivity index (χ0n) is 19.0. The molecule has 0 saturated carbocycles. The lowest BCUT2D eigenvalue weighted by atomic mass is 10.0. The number of benzene rings is 2. The van der Waals surface area contributed by atoms with E-state index in [1.165, 1.54) is 6.92 Å². The Morgan fingerprint density at radius 2 is 1.62 bits per heavy atom. The number of alkyl carbamates (subject to hydrolysis) is 1. The third-order valence-electron chi connectivity index (χ3n) is 4.50. The van der Waals surface area contributed by atoms with Crippen LogP contribution < -0.4 is 10.6 Å². The molecule has 2 aromatic carbocycles. The van der Waals surface area contributed by atoms with Crippen LogP contribution in [-0.4, -0.2) is 34.5 Å². The summed E-state index contributed by atoms with van der Waals surface area (Å²) in [5, 5.41) is 5.32. The summed E-state index contributed by atoms with van der Waals surface area (Å²) in [5.74, 6) is -1.09. The van der Waals surface area contributed by atoms with E-state index in [9.17, 15) is 14.4 Å². The second-order valence-electron chi connectivity index (χ2n) is 8.32. The number of terminal acetylenes is 1. The number of ether oxygens (including phenoxy) is 1. The maximum atomic E-state index is 13.3. The topological polar surface area (TPSA) is 87.7 Å². The second-order valence-corrected chi connectivity index (χ2v) is 8.32. The summed E-state index contributed by atoms with van der Waals surface area (Å²) in [6, 6.07) is 16.2. The van der Waals surface area contributed by atoms with Crippen molar-refractivity contribution >= 4 is 23.6 Å². The van der Waals surface area contributed by atoms with E-state index in [0.717, 1.165) is 10.5 Å². The molecule has 0 aliphatic heterocycles. The van der Waals surface area contributed by atoms with E-state index in [-0.39, 0.29) is 0 Å². The lowest BCUT2D eigenvalue weighted by molar-refractivity contribution is -0.136. The minimum atomic E-state index is -1.10. The third-order valence-corrected chi connectivity index (χ3v) is 4.50. The summed E-state index contributed by atoms with van der Waals surface area (Å²) in [7, 11) is 0. The molecule has 0 radical (unpaired) electrons. The van der Waals surface area contributed by atoms with Gasteiger partial charge in [0.15, 0.2) is 0 Å². The molecule has 0 aliphatic carbocycles. The number of para-hydroxylation sites is 1. The van der Waals surface area contributed by atoms with E-state index in [2.05, 4.69) is 16.7 Å². The molecule has 0 heterocycles. The maximum absolute atomic E-state index is 13.3. The van der Waals surface area contributed by atoms with Crippen LogP contribution in [0.4, 0.5) is 10.5 Å². The lowest BCUT2D eigenvalue weighted by Gasteiger charge is -2.29. The van der Waals surface area contributed by atoms with Crippen LogP contribution in [0.2, 0.25) is 0 Å². The van der Waals surface area contributed by atoms with Crippen LogP contribution in [0.25, 0.3) is 0 Å². The first kappa shape index (κ1) is 24.5. The van der Waals surface area contributed by atoms with E-state index >= 15 is 0 Å². The molecule has 0 bridgehead atoms. The van der Waals surface area contributed by atoms with Gasteiger partial charge in [-0.05, 0) is 51.8 Å². The Morgan fingerprint density at radius 1 is 1.03 bits per heavy atom. The molecule has 7 heteroatoms. The molecule has 2 atom stereocenters. The van der Waals surface area contributed by atoms with E-state index in [0.29, 0.717) is 11.3 Å². The highest BCUT2D eigenvalue weighted by atomic mass is 16.6. The Bertz CT molecular complexity index is 1010. The van der Waals surface area contributed by atoms with Crippen molar-refractivity contribution in [2.75, 3.05) is 5.32 Å². The van der Waals surface area contributed by atoms with Gasteiger partial charge in [0.2, 0.25) is 0 Å². The quantitative estimate of drug-likeness (QED) is 0.530. The molecule has 2 aromatic rings. The molecular weight excluding hydrogens is 406 g/mol. The molecule has 0 aromatic heterocycles. The van der Waals surface area contributed by atoms with Gasteiger partial charge in [0.05, 0.1) is 0 Å². The van der Waals surface area contributed by atoms with E-state index < -0.39 is 35.6 Å². The molecule has 0 saturated heterocycles. The standard InChI is InChI=1S/C25H29N3O4/c1-7-28(23(30)18(3)26-24(31)32-25(4,5)6)21(19-14-9-8-10-15-19)22(29)27-20-16-12-11-13-17(20)2/h1,8-16,18,21H,2-6H3,(H,26,31)(H,27,29). The number of rotatable bonds is 6. The molecule has 2 rings (SSSR count). The Morgan fingerprint density at radius 3 is 2.19 bits per heavy atom. The van der Waals surface area contributed by atoms with E-state index in [1.54, 1.807) is 63.2 Å². The van der Waals surface area contributed by atoms with Crippen molar-refractivity contribution < 1.29 is 19.1 Å². The van der Waals surface area contributed by atoms with Crippen molar-refractivity contribution in [1.82, 2.24) is 10.2 Å². The molecular formula is C25H29N3O4. The predicted molar refractivity (Wildman–Crippen MR) is 124 cm³/mol. The summed E-state index contributed by atoms with van der Waals surface area (Å²) in [4.78, 5) is 39.5. The average molecular weight is 436 g/mol. The van der Waals surface area contributed by atoms with Crippen molar-refractivity contribution in [1.29, 1.82) is 0 Å². The first-order valence-corrected chi connectivity index (χ1v) is 10.2. The van der Waals surface area contributed by atoms with Gasteiger partial charge in [-0.2, -0.15) is 0 Å². The number of hydrogen-bond donors (Lipinski definition) is 2. The van der Waals surface area contributed by atoms with Gasteiger partial charge in [0.25, 0.3) is 11.8 Å². The van der Waals surface area contributed by atoms with E-state index in [1.807, 2.05) is 19.1 Å². The van der Waals surface area contributed by atoms with Gasteiger partial charge in [-0.15, -0.1) is 0 Å².